The summed E-state index contributed by atoms with van der Waals surface area (Å²) in [5.74, 6) is 0. The number of thiazole rings is 1. The number of aliphatic hydroxyl groups excluding tert-OH is 1. The molecule has 60 valence electrons. The second-order valence-corrected chi connectivity index (χ2v) is 3.68. The number of rotatable bonds is 2. The Kier molecular flexibility index (Phi) is 3.33. The van der Waals surface area contributed by atoms with Gasteiger partial charge in [0.15, 0.2) is 4.47 Å². The van der Waals surface area contributed by atoms with Crippen LogP contribution in [0.4, 0.5) is 0 Å². The molecule has 1 N–H and O–H groups in total. The van der Waals surface area contributed by atoms with Crippen molar-refractivity contribution in [2.75, 3.05) is 6.61 Å². The fourth-order valence-corrected chi connectivity index (χ4v) is 1.85. The van der Waals surface area contributed by atoms with Crippen molar-refractivity contribution in [3.8, 4) is 0 Å². The zero-order chi connectivity index (χ0) is 8.27. The first-order chi connectivity index (χ1) is 5.24. The zero-order valence-electron chi connectivity index (χ0n) is 5.42. The van der Waals surface area contributed by atoms with Crippen LogP contribution in [0.5, 0.6) is 0 Å². The van der Waals surface area contributed by atoms with Crippen LogP contribution < -0.4 is 0 Å². The summed E-state index contributed by atoms with van der Waals surface area (Å²) in [5.41, 5.74) is 0. The number of hydrogen-bond donors (Lipinski definition) is 1. The van der Waals surface area contributed by atoms with Crippen molar-refractivity contribution in [3.63, 3.8) is 0 Å². The Morgan fingerprint density at radius 3 is 2.73 bits per heavy atom. The van der Waals surface area contributed by atoms with Gasteiger partial charge >= 0.3 is 0 Å². The molecule has 5 heteroatoms. The van der Waals surface area contributed by atoms with Gasteiger partial charge < -0.3 is 5.11 Å². The van der Waals surface area contributed by atoms with Gasteiger partial charge in [0.2, 0.25) is 0 Å². The van der Waals surface area contributed by atoms with Gasteiger partial charge in [0.25, 0.3) is 0 Å². The minimum atomic E-state index is -0.00809. The predicted molar refractivity (Wildman–Crippen MR) is 48.3 cm³/mol. The number of hydrogen-bond acceptors (Lipinski definition) is 3. The van der Waals surface area contributed by atoms with E-state index in [9.17, 15) is 0 Å². The van der Waals surface area contributed by atoms with Crippen LogP contribution in [0, 0.1) is 0 Å². The van der Waals surface area contributed by atoms with Crippen molar-refractivity contribution in [3.05, 3.63) is 20.6 Å². The Labute approximate surface area is 78.1 Å². The molecular weight excluding hydrogens is 205 g/mol. The Hall–Kier alpha value is -0.0900. The van der Waals surface area contributed by atoms with E-state index >= 15 is 0 Å². The summed E-state index contributed by atoms with van der Waals surface area (Å²) < 4.78 is 0.410. The minimum absolute atomic E-state index is 0.00809. The van der Waals surface area contributed by atoms with Crippen molar-refractivity contribution in [1.82, 2.24) is 4.98 Å². The first-order valence-electron chi connectivity index (χ1n) is 2.83. The molecule has 0 aliphatic heterocycles. The van der Waals surface area contributed by atoms with Gasteiger partial charge in [-0.1, -0.05) is 29.3 Å². The van der Waals surface area contributed by atoms with Crippen LogP contribution in [0.3, 0.4) is 0 Å². The molecule has 0 spiro atoms. The molecule has 0 aliphatic carbocycles. The number of aromatic nitrogens is 1. The van der Waals surface area contributed by atoms with Crippen LogP contribution in [0.15, 0.2) is 6.08 Å². The molecule has 0 saturated carbocycles. The highest BCUT2D eigenvalue weighted by atomic mass is 35.5. The lowest BCUT2D eigenvalue weighted by atomic mass is 10.4. The highest BCUT2D eigenvalue weighted by Gasteiger charge is 2.02. The summed E-state index contributed by atoms with van der Waals surface area (Å²) >= 11 is 12.5. The summed E-state index contributed by atoms with van der Waals surface area (Å²) in [6, 6.07) is 0. The second kappa shape index (κ2) is 4.07. The SMILES string of the molecule is OCC=Cc1sc(Cl)nc1Cl. The molecule has 2 nitrogen and oxygen atoms in total. The van der Waals surface area contributed by atoms with Crippen LogP contribution in [0.25, 0.3) is 6.08 Å². The lowest BCUT2D eigenvalue weighted by Gasteiger charge is -1.82. The maximum Gasteiger partial charge on any atom is 0.185 e. The largest absolute Gasteiger partial charge is 0.392 e. The number of aliphatic hydroxyl groups is 1. The monoisotopic (exact) mass is 209 g/mol. The van der Waals surface area contributed by atoms with Crippen molar-refractivity contribution < 1.29 is 5.11 Å². The van der Waals surface area contributed by atoms with Crippen LogP contribution in [0.2, 0.25) is 9.62 Å². The van der Waals surface area contributed by atoms with Crippen molar-refractivity contribution >= 4 is 40.6 Å². The normalized spacial score (nSPS) is 11.2. The molecular formula is C6H5Cl2NOS. The van der Waals surface area contributed by atoms with Crippen LogP contribution in [-0.2, 0) is 0 Å². The average molecular weight is 210 g/mol. The highest BCUT2D eigenvalue weighted by molar-refractivity contribution is 7.17. The van der Waals surface area contributed by atoms with Crippen LogP contribution in [-0.4, -0.2) is 16.7 Å². The molecule has 0 unspecified atom stereocenters. The van der Waals surface area contributed by atoms with Gasteiger partial charge in [0.1, 0.15) is 5.15 Å². The smallest absolute Gasteiger partial charge is 0.185 e. The van der Waals surface area contributed by atoms with Crippen molar-refractivity contribution in [1.29, 1.82) is 0 Å². The first-order valence-corrected chi connectivity index (χ1v) is 4.40. The van der Waals surface area contributed by atoms with Gasteiger partial charge in [-0.15, -0.1) is 11.3 Å². The van der Waals surface area contributed by atoms with E-state index in [1.54, 1.807) is 12.2 Å². The molecule has 0 saturated heterocycles. The van der Waals surface area contributed by atoms with Crippen LogP contribution in [0.1, 0.15) is 4.88 Å². The van der Waals surface area contributed by atoms with Crippen LogP contribution >= 0.6 is 34.5 Å². The molecule has 11 heavy (non-hydrogen) atoms. The van der Waals surface area contributed by atoms with Gasteiger partial charge in [0, 0.05) is 0 Å². The molecule has 1 rings (SSSR count). The van der Waals surface area contributed by atoms with Gasteiger partial charge in [-0.2, -0.15) is 0 Å². The maximum atomic E-state index is 8.45. The topological polar surface area (TPSA) is 33.1 Å². The zero-order valence-corrected chi connectivity index (χ0v) is 7.75. The van der Waals surface area contributed by atoms with E-state index in [0.717, 1.165) is 4.88 Å². The molecule has 1 aromatic rings. The molecule has 0 radical (unpaired) electrons. The maximum absolute atomic E-state index is 8.45. The summed E-state index contributed by atoms with van der Waals surface area (Å²) in [6.45, 7) is -0.00809. The molecule has 0 fully saturated rings. The molecule has 0 aromatic carbocycles. The van der Waals surface area contributed by atoms with E-state index in [-0.39, 0.29) is 6.61 Å². The first kappa shape index (κ1) is 9.00. The quantitative estimate of drug-likeness (QED) is 0.813. The standard InChI is InChI=1S/C6H5Cl2NOS/c7-5-4(2-1-3-10)11-6(8)9-5/h1-2,10H,3H2. The van der Waals surface area contributed by atoms with E-state index in [0.29, 0.717) is 9.62 Å². The highest BCUT2D eigenvalue weighted by Crippen LogP contribution is 2.27. The van der Waals surface area contributed by atoms with E-state index in [2.05, 4.69) is 4.98 Å². The third-order valence-electron chi connectivity index (χ3n) is 0.958. The van der Waals surface area contributed by atoms with Gasteiger partial charge in [0.05, 0.1) is 11.5 Å². The third-order valence-corrected chi connectivity index (χ3v) is 2.48. The fraction of sp³-hybridized carbons (Fsp3) is 0.167. The number of nitrogens with zero attached hydrogens (tertiary/aromatic N) is 1. The van der Waals surface area contributed by atoms with Gasteiger partial charge in [-0.25, -0.2) is 4.98 Å². The Morgan fingerprint density at radius 1 is 1.55 bits per heavy atom. The van der Waals surface area contributed by atoms with E-state index in [1.165, 1.54) is 11.3 Å². The van der Waals surface area contributed by atoms with Crippen molar-refractivity contribution in [2.45, 2.75) is 0 Å². The minimum Gasteiger partial charge on any atom is -0.392 e. The summed E-state index contributed by atoms with van der Waals surface area (Å²) in [7, 11) is 0. The molecule has 0 amide bonds. The van der Waals surface area contributed by atoms with E-state index in [4.69, 9.17) is 28.3 Å². The van der Waals surface area contributed by atoms with E-state index in [1.807, 2.05) is 0 Å². The molecule has 0 bridgehead atoms. The van der Waals surface area contributed by atoms with Gasteiger partial charge in [-0.05, 0) is 6.08 Å². The van der Waals surface area contributed by atoms with E-state index < -0.39 is 0 Å². The fourth-order valence-electron chi connectivity index (χ4n) is 0.550. The lowest BCUT2D eigenvalue weighted by molar-refractivity contribution is 0.343. The second-order valence-electron chi connectivity index (χ2n) is 1.71. The summed E-state index contributed by atoms with van der Waals surface area (Å²) in [5, 5.41) is 8.83. The Bertz CT molecular complexity index is 272. The Balaban J connectivity index is 2.85. The van der Waals surface area contributed by atoms with Gasteiger partial charge in [-0.3, -0.25) is 0 Å². The average Bonchev–Trinajstić information content (AvgIpc) is 2.26. The summed E-state index contributed by atoms with van der Waals surface area (Å²) in [4.78, 5) is 4.55. The molecule has 1 heterocycles. The predicted octanol–water partition coefficient (Wildman–Crippen LogP) is 2.46. The molecule has 1 aromatic heterocycles. The molecule has 0 atom stereocenters. The van der Waals surface area contributed by atoms with Crippen molar-refractivity contribution in [2.24, 2.45) is 0 Å². The molecule has 0 aliphatic rings. The lowest BCUT2D eigenvalue weighted by Crippen LogP contribution is -1.70. The number of halogens is 2. The third kappa shape index (κ3) is 2.45. The summed E-state index contributed by atoms with van der Waals surface area (Å²) in [6.07, 6.45) is 3.27. The Morgan fingerprint density at radius 2 is 2.27 bits per heavy atom.